The van der Waals surface area contributed by atoms with Gasteiger partial charge in [0.15, 0.2) is 5.78 Å². The van der Waals surface area contributed by atoms with E-state index in [9.17, 15) is 4.79 Å². The number of allylic oxidation sites excluding steroid dienone is 1. The number of halogens is 1. The highest BCUT2D eigenvalue weighted by atomic mass is 35.5. The molecule has 104 valence electrons. The van der Waals surface area contributed by atoms with E-state index in [0.29, 0.717) is 5.88 Å². The molecule has 1 aromatic carbocycles. The topological polar surface area (TPSA) is 26.3 Å². The second-order valence-electron chi connectivity index (χ2n) is 4.31. The van der Waals surface area contributed by atoms with Gasteiger partial charge in [-0.2, -0.15) is 0 Å². The third-order valence-electron chi connectivity index (χ3n) is 2.86. The average molecular weight is 307 g/mol. The van der Waals surface area contributed by atoms with Gasteiger partial charge in [0.2, 0.25) is 0 Å². The molecule has 2 aromatic rings. The highest BCUT2D eigenvalue weighted by molar-refractivity contribution is 7.14. The number of methoxy groups -OCH3 is 1. The summed E-state index contributed by atoms with van der Waals surface area (Å²) >= 11 is 7.38. The number of ketones is 1. The van der Waals surface area contributed by atoms with Gasteiger partial charge in [0.25, 0.3) is 0 Å². The number of carbonyl (C=O) groups is 1. The second-order valence-corrected chi connectivity index (χ2v) is 5.87. The summed E-state index contributed by atoms with van der Waals surface area (Å²) in [4.78, 5) is 13.9. The standard InChI is InChI=1S/C16H15ClO2S/c1-11-3-8-16(20-11)14(18)6-4-12-5-7-15(19-2)13(9-12)10-17/h3-9H,10H2,1-2H3/b6-4+. The number of rotatable bonds is 5. The quantitative estimate of drug-likeness (QED) is 0.455. The van der Waals surface area contributed by atoms with Gasteiger partial charge < -0.3 is 4.74 Å². The van der Waals surface area contributed by atoms with Crippen LogP contribution in [0.25, 0.3) is 6.08 Å². The van der Waals surface area contributed by atoms with Gasteiger partial charge in [0.05, 0.1) is 17.9 Å². The first-order valence-electron chi connectivity index (χ1n) is 6.15. The van der Waals surface area contributed by atoms with Gasteiger partial charge in [0.1, 0.15) is 5.75 Å². The van der Waals surface area contributed by atoms with E-state index in [-0.39, 0.29) is 5.78 Å². The maximum atomic E-state index is 12.0. The molecule has 0 bridgehead atoms. The molecule has 0 N–H and O–H groups in total. The van der Waals surface area contributed by atoms with Crippen LogP contribution in [0.15, 0.2) is 36.4 Å². The first-order valence-corrected chi connectivity index (χ1v) is 7.51. The van der Waals surface area contributed by atoms with Crippen LogP contribution in [0, 0.1) is 6.92 Å². The summed E-state index contributed by atoms with van der Waals surface area (Å²) in [6, 6.07) is 9.49. The minimum Gasteiger partial charge on any atom is -0.496 e. The van der Waals surface area contributed by atoms with Gasteiger partial charge in [-0.05, 0) is 42.8 Å². The molecule has 0 aliphatic carbocycles. The van der Waals surface area contributed by atoms with Crippen molar-refractivity contribution in [3.8, 4) is 5.75 Å². The van der Waals surface area contributed by atoms with Crippen LogP contribution >= 0.6 is 22.9 Å². The van der Waals surface area contributed by atoms with E-state index in [2.05, 4.69) is 0 Å². The number of hydrogen-bond donors (Lipinski definition) is 0. The Morgan fingerprint density at radius 3 is 2.75 bits per heavy atom. The Balaban J connectivity index is 2.17. The van der Waals surface area contributed by atoms with E-state index < -0.39 is 0 Å². The molecule has 0 saturated heterocycles. The summed E-state index contributed by atoms with van der Waals surface area (Å²) < 4.78 is 5.22. The number of benzene rings is 1. The third-order valence-corrected chi connectivity index (χ3v) is 4.16. The van der Waals surface area contributed by atoms with E-state index in [1.165, 1.54) is 11.3 Å². The van der Waals surface area contributed by atoms with Gasteiger partial charge in [-0.25, -0.2) is 0 Å². The summed E-state index contributed by atoms with van der Waals surface area (Å²) in [6.07, 6.45) is 3.39. The first-order chi connectivity index (χ1) is 9.63. The van der Waals surface area contributed by atoms with Crippen molar-refractivity contribution in [3.05, 3.63) is 57.3 Å². The Labute approximate surface area is 127 Å². The molecular formula is C16H15ClO2S. The monoisotopic (exact) mass is 306 g/mol. The van der Waals surface area contributed by atoms with Gasteiger partial charge in [0, 0.05) is 10.4 Å². The average Bonchev–Trinajstić information content (AvgIpc) is 2.91. The van der Waals surface area contributed by atoms with Gasteiger partial charge in [-0.15, -0.1) is 22.9 Å². The Morgan fingerprint density at radius 2 is 2.15 bits per heavy atom. The number of aryl methyl sites for hydroxylation is 1. The molecule has 0 fully saturated rings. The number of carbonyl (C=O) groups excluding carboxylic acids is 1. The lowest BCUT2D eigenvalue weighted by atomic mass is 10.1. The number of thiophene rings is 1. The van der Waals surface area contributed by atoms with E-state index in [1.807, 2.05) is 37.3 Å². The SMILES string of the molecule is COc1ccc(/C=C/C(=O)c2ccc(C)s2)cc1CCl. The molecular weight excluding hydrogens is 292 g/mol. The molecule has 0 spiro atoms. The summed E-state index contributed by atoms with van der Waals surface area (Å²) in [5.41, 5.74) is 1.85. The lowest BCUT2D eigenvalue weighted by Gasteiger charge is -2.06. The molecule has 4 heteroatoms. The molecule has 0 saturated carbocycles. The molecule has 1 aromatic heterocycles. The fraction of sp³-hybridized carbons (Fsp3) is 0.188. The van der Waals surface area contributed by atoms with Gasteiger partial charge in [-0.3, -0.25) is 4.79 Å². The predicted molar refractivity (Wildman–Crippen MR) is 85.0 cm³/mol. The largest absolute Gasteiger partial charge is 0.496 e. The van der Waals surface area contributed by atoms with Crippen LogP contribution in [0.2, 0.25) is 0 Å². The Morgan fingerprint density at radius 1 is 1.35 bits per heavy atom. The first kappa shape index (κ1) is 14.8. The Kier molecular flexibility index (Phi) is 4.99. The zero-order chi connectivity index (χ0) is 14.5. The zero-order valence-electron chi connectivity index (χ0n) is 11.4. The summed E-state index contributed by atoms with van der Waals surface area (Å²) in [7, 11) is 1.61. The van der Waals surface area contributed by atoms with Crippen LogP contribution in [0.4, 0.5) is 0 Å². The molecule has 20 heavy (non-hydrogen) atoms. The lowest BCUT2D eigenvalue weighted by Crippen LogP contribution is -1.91. The van der Waals surface area contributed by atoms with Crippen molar-refractivity contribution in [1.29, 1.82) is 0 Å². The van der Waals surface area contributed by atoms with Crippen LogP contribution in [-0.4, -0.2) is 12.9 Å². The fourth-order valence-corrected chi connectivity index (χ4v) is 2.82. The maximum absolute atomic E-state index is 12.0. The molecule has 0 unspecified atom stereocenters. The maximum Gasteiger partial charge on any atom is 0.195 e. The minimum absolute atomic E-state index is 0.0198. The van der Waals surface area contributed by atoms with Crippen LogP contribution in [0.5, 0.6) is 5.75 Å². The van der Waals surface area contributed by atoms with E-state index in [1.54, 1.807) is 19.3 Å². The molecule has 0 aliphatic heterocycles. The number of alkyl halides is 1. The highest BCUT2D eigenvalue weighted by Gasteiger charge is 2.05. The normalized spacial score (nSPS) is 10.9. The van der Waals surface area contributed by atoms with Crippen molar-refractivity contribution in [3.63, 3.8) is 0 Å². The van der Waals surface area contributed by atoms with Crippen molar-refractivity contribution >= 4 is 34.8 Å². The predicted octanol–water partition coefficient (Wildman–Crippen LogP) is 4.70. The molecule has 0 aliphatic rings. The Bertz CT molecular complexity index is 644. The summed E-state index contributed by atoms with van der Waals surface area (Å²) in [5.74, 6) is 1.16. The molecule has 0 amide bonds. The van der Waals surface area contributed by atoms with Gasteiger partial charge in [-0.1, -0.05) is 12.1 Å². The van der Waals surface area contributed by atoms with Crippen molar-refractivity contribution < 1.29 is 9.53 Å². The fourth-order valence-electron chi connectivity index (χ4n) is 1.83. The van der Waals surface area contributed by atoms with Crippen molar-refractivity contribution in [2.75, 3.05) is 7.11 Å². The Hall–Kier alpha value is -1.58. The van der Waals surface area contributed by atoms with Crippen molar-refractivity contribution in [2.45, 2.75) is 12.8 Å². The van der Waals surface area contributed by atoms with Crippen LogP contribution < -0.4 is 4.74 Å². The van der Waals surface area contributed by atoms with E-state index in [4.69, 9.17) is 16.3 Å². The van der Waals surface area contributed by atoms with E-state index >= 15 is 0 Å². The molecule has 1 heterocycles. The molecule has 2 rings (SSSR count). The smallest absolute Gasteiger partial charge is 0.195 e. The van der Waals surface area contributed by atoms with Crippen molar-refractivity contribution in [1.82, 2.24) is 0 Å². The summed E-state index contributed by atoms with van der Waals surface area (Å²) in [6.45, 7) is 1.99. The van der Waals surface area contributed by atoms with Crippen LogP contribution in [0.1, 0.15) is 25.7 Å². The highest BCUT2D eigenvalue weighted by Crippen LogP contribution is 2.22. The van der Waals surface area contributed by atoms with Crippen LogP contribution in [0.3, 0.4) is 0 Å². The molecule has 2 nitrogen and oxygen atoms in total. The molecule has 0 radical (unpaired) electrons. The third kappa shape index (κ3) is 3.50. The zero-order valence-corrected chi connectivity index (χ0v) is 12.9. The minimum atomic E-state index is 0.0198. The number of hydrogen-bond acceptors (Lipinski definition) is 3. The van der Waals surface area contributed by atoms with Gasteiger partial charge >= 0.3 is 0 Å². The lowest BCUT2D eigenvalue weighted by molar-refractivity contribution is 0.105. The van der Waals surface area contributed by atoms with Crippen molar-refractivity contribution in [2.24, 2.45) is 0 Å². The molecule has 0 atom stereocenters. The van der Waals surface area contributed by atoms with E-state index in [0.717, 1.165) is 26.6 Å². The summed E-state index contributed by atoms with van der Waals surface area (Å²) in [5, 5.41) is 0. The number of ether oxygens (including phenoxy) is 1. The van der Waals surface area contributed by atoms with Crippen LogP contribution in [-0.2, 0) is 5.88 Å². The second kappa shape index (κ2) is 6.73.